The molecule has 3 rings (SSSR count). The Bertz CT molecular complexity index is 1170. The lowest BCUT2D eigenvalue weighted by atomic mass is 10.0. The third-order valence-corrected chi connectivity index (χ3v) is 4.70. The Kier molecular flexibility index (Phi) is 6.64. The largest absolute Gasteiger partial charge is 0.387 e. The number of carbonyl (C=O) groups excluding carboxylic acids is 1. The maximum absolute atomic E-state index is 14.0. The number of carbonyl (C=O) groups is 1. The smallest absolute Gasteiger partial charge is 0.255 e. The number of nitrogens with one attached hydrogen (secondary N) is 2. The molecule has 0 radical (unpaired) electrons. The molecule has 1 amide bonds. The first-order chi connectivity index (χ1) is 15.1. The van der Waals surface area contributed by atoms with E-state index in [1.807, 2.05) is 6.07 Å². The number of halogens is 3. The Balaban J connectivity index is 1.93. The number of pyridine rings is 1. The van der Waals surface area contributed by atoms with Crippen molar-refractivity contribution >= 4 is 17.1 Å². The molecule has 0 unspecified atom stereocenters. The van der Waals surface area contributed by atoms with E-state index in [1.165, 1.54) is 36.8 Å². The van der Waals surface area contributed by atoms with E-state index in [1.54, 1.807) is 18.2 Å². The van der Waals surface area contributed by atoms with E-state index in [-0.39, 0.29) is 11.3 Å². The van der Waals surface area contributed by atoms with Gasteiger partial charge in [0.05, 0.1) is 58.6 Å². The van der Waals surface area contributed by atoms with E-state index in [4.69, 9.17) is 5.26 Å². The summed E-state index contributed by atoms with van der Waals surface area (Å²) in [6.45, 7) is 1.36. The highest BCUT2D eigenvalue weighted by atomic mass is 19.3. The van der Waals surface area contributed by atoms with Crippen molar-refractivity contribution in [3.8, 4) is 17.5 Å². The van der Waals surface area contributed by atoms with Gasteiger partial charge in [-0.2, -0.15) is 10.4 Å². The normalized spacial score (nSPS) is 12.6. The monoisotopic (exact) mass is 446 g/mol. The van der Waals surface area contributed by atoms with E-state index >= 15 is 0 Å². The van der Waals surface area contributed by atoms with Crippen LogP contribution in [-0.2, 0) is 0 Å². The minimum absolute atomic E-state index is 0.0575. The maximum Gasteiger partial charge on any atom is 0.255 e. The molecule has 168 valence electrons. The van der Waals surface area contributed by atoms with Crippen LogP contribution in [0.2, 0.25) is 0 Å². The van der Waals surface area contributed by atoms with Gasteiger partial charge in [0.25, 0.3) is 12.3 Å². The molecule has 3 aromatic rings. The molecule has 1 atom stereocenters. The molecule has 0 aliphatic rings. The molecule has 32 heavy (non-hydrogen) atoms. The Hall–Kier alpha value is -3.65. The lowest BCUT2D eigenvalue weighted by Crippen LogP contribution is -2.42. The van der Waals surface area contributed by atoms with Crippen molar-refractivity contribution in [2.24, 2.45) is 0 Å². The summed E-state index contributed by atoms with van der Waals surface area (Å²) in [7, 11) is 0. The molecule has 0 aromatic carbocycles. The summed E-state index contributed by atoms with van der Waals surface area (Å²) >= 11 is 0. The van der Waals surface area contributed by atoms with E-state index in [0.717, 1.165) is 0 Å². The number of nitrogens with zero attached hydrogens (tertiary/aromatic N) is 4. The van der Waals surface area contributed by atoms with Crippen molar-refractivity contribution in [3.05, 3.63) is 47.8 Å². The van der Waals surface area contributed by atoms with Gasteiger partial charge in [-0.25, -0.2) is 17.7 Å². The minimum Gasteiger partial charge on any atom is -0.387 e. The average molecular weight is 446 g/mol. The lowest BCUT2D eigenvalue weighted by molar-refractivity contribution is -0.00177. The fourth-order valence-corrected chi connectivity index (χ4v) is 2.89. The summed E-state index contributed by atoms with van der Waals surface area (Å²) in [5.41, 5.74) is 0.232. The highest BCUT2D eigenvalue weighted by molar-refractivity contribution is 6.00. The van der Waals surface area contributed by atoms with E-state index in [9.17, 15) is 23.1 Å². The minimum atomic E-state index is -2.67. The second kappa shape index (κ2) is 9.23. The van der Waals surface area contributed by atoms with Gasteiger partial charge in [-0.05, 0) is 38.1 Å². The zero-order chi connectivity index (χ0) is 23.5. The van der Waals surface area contributed by atoms with Gasteiger partial charge in [-0.3, -0.25) is 9.78 Å². The van der Waals surface area contributed by atoms with Crippen LogP contribution < -0.4 is 10.6 Å². The molecule has 0 aliphatic heterocycles. The van der Waals surface area contributed by atoms with Crippen molar-refractivity contribution in [1.82, 2.24) is 19.9 Å². The molecule has 3 heterocycles. The summed E-state index contributed by atoms with van der Waals surface area (Å²) in [5, 5.41) is 27.7. The van der Waals surface area contributed by atoms with Crippen molar-refractivity contribution < 1.29 is 23.1 Å². The number of hydrogen-bond donors (Lipinski definition) is 3. The van der Waals surface area contributed by atoms with Crippen LogP contribution in [0.25, 0.3) is 16.9 Å². The topological polar surface area (TPSA) is 115 Å². The van der Waals surface area contributed by atoms with Crippen LogP contribution in [0.3, 0.4) is 0 Å². The molecule has 0 saturated carbocycles. The Morgan fingerprint density at radius 1 is 1.25 bits per heavy atom. The van der Waals surface area contributed by atoms with Crippen molar-refractivity contribution in [1.29, 1.82) is 5.26 Å². The van der Waals surface area contributed by atoms with Crippen molar-refractivity contribution in [3.63, 3.8) is 0 Å². The predicted octanol–water partition coefficient (Wildman–Crippen LogP) is 2.78. The maximum atomic E-state index is 14.0. The third-order valence-electron chi connectivity index (χ3n) is 4.70. The molecule has 0 spiro atoms. The highest BCUT2D eigenvalue weighted by Crippen LogP contribution is 2.26. The Morgan fingerprint density at radius 2 is 2.00 bits per heavy atom. The number of hydrogen-bond acceptors (Lipinski definition) is 6. The number of rotatable bonds is 8. The third kappa shape index (κ3) is 5.15. The quantitative estimate of drug-likeness (QED) is 0.490. The zero-order valence-corrected chi connectivity index (χ0v) is 17.3. The van der Waals surface area contributed by atoms with Gasteiger partial charge in [-0.15, -0.1) is 0 Å². The molecule has 3 N–H and O–H groups in total. The highest BCUT2D eigenvalue weighted by Gasteiger charge is 2.27. The second-order valence-corrected chi connectivity index (χ2v) is 7.63. The zero-order valence-electron chi connectivity index (χ0n) is 17.3. The Labute approximate surface area is 181 Å². The van der Waals surface area contributed by atoms with Gasteiger partial charge in [0.2, 0.25) is 0 Å². The molecule has 0 aliphatic carbocycles. The van der Waals surface area contributed by atoms with Crippen LogP contribution in [0.15, 0.2) is 36.7 Å². The van der Waals surface area contributed by atoms with E-state index < -0.39 is 37.2 Å². The standard InChI is InChI=1S/C21H21F3N6O2/c1-21(2,32)18(22)10-28-20(31)14-9-26-16(6-15(14)27-11-19(23)24)17-4-3-13-5-12(7-25)8-29-30(13)17/h3-6,8-9,18-19,32H,10-11H2,1-2H3,(H,26,27)(H,28,31)/t18-/m1/s1. The number of anilines is 1. The fourth-order valence-electron chi connectivity index (χ4n) is 2.89. The predicted molar refractivity (Wildman–Crippen MR) is 111 cm³/mol. The first-order valence-corrected chi connectivity index (χ1v) is 9.65. The molecule has 8 nitrogen and oxygen atoms in total. The van der Waals surface area contributed by atoms with Crippen LogP contribution in [-0.4, -0.2) is 56.9 Å². The van der Waals surface area contributed by atoms with Gasteiger partial charge in [0.1, 0.15) is 12.2 Å². The molecular formula is C21H21F3N6O2. The molecule has 3 aromatic heterocycles. The van der Waals surface area contributed by atoms with Gasteiger partial charge in [0.15, 0.2) is 0 Å². The summed E-state index contributed by atoms with van der Waals surface area (Å²) in [4.78, 5) is 16.8. The summed E-state index contributed by atoms with van der Waals surface area (Å²) in [5.74, 6) is -0.732. The first-order valence-electron chi connectivity index (χ1n) is 9.65. The fraction of sp³-hybridized carbons (Fsp3) is 0.333. The molecule has 0 fully saturated rings. The van der Waals surface area contributed by atoms with E-state index in [2.05, 4.69) is 20.7 Å². The molecular weight excluding hydrogens is 425 g/mol. The summed E-state index contributed by atoms with van der Waals surface area (Å²) < 4.78 is 41.1. The SMILES string of the molecule is CC(C)(O)[C@H](F)CNC(=O)c1cnc(-c2ccc3cc(C#N)cnn23)cc1NCC(F)F. The van der Waals surface area contributed by atoms with Crippen molar-refractivity contribution in [2.45, 2.75) is 32.0 Å². The second-order valence-electron chi connectivity index (χ2n) is 7.63. The summed E-state index contributed by atoms with van der Waals surface area (Å²) in [6.07, 6.45) is -1.83. The number of aliphatic hydroxyl groups is 1. The van der Waals surface area contributed by atoms with Crippen LogP contribution in [0.4, 0.5) is 18.9 Å². The van der Waals surface area contributed by atoms with Crippen LogP contribution in [0.5, 0.6) is 0 Å². The van der Waals surface area contributed by atoms with Crippen LogP contribution >= 0.6 is 0 Å². The Morgan fingerprint density at radius 3 is 2.66 bits per heavy atom. The summed E-state index contributed by atoms with van der Waals surface area (Å²) in [6, 6.07) is 8.45. The number of nitriles is 1. The van der Waals surface area contributed by atoms with E-state index in [0.29, 0.717) is 22.5 Å². The van der Waals surface area contributed by atoms with Gasteiger partial charge in [-0.1, -0.05) is 0 Å². The number of aromatic nitrogens is 3. The van der Waals surface area contributed by atoms with Gasteiger partial charge in [0, 0.05) is 6.20 Å². The molecule has 0 saturated heterocycles. The average Bonchev–Trinajstić information content (AvgIpc) is 3.17. The van der Waals surface area contributed by atoms with Crippen molar-refractivity contribution in [2.75, 3.05) is 18.4 Å². The van der Waals surface area contributed by atoms with Crippen LogP contribution in [0, 0.1) is 11.3 Å². The van der Waals surface area contributed by atoms with Gasteiger partial charge < -0.3 is 15.7 Å². The molecule has 11 heteroatoms. The number of alkyl halides is 3. The lowest BCUT2D eigenvalue weighted by Gasteiger charge is -2.22. The first kappa shape index (κ1) is 23.0. The van der Waals surface area contributed by atoms with Gasteiger partial charge >= 0.3 is 0 Å². The number of fused-ring (bicyclic) bond motifs is 1. The molecule has 0 bridgehead atoms. The number of amides is 1. The van der Waals surface area contributed by atoms with Crippen LogP contribution in [0.1, 0.15) is 29.8 Å².